The molecule has 2 aliphatic rings. The SMILES string of the molecule is CC1CC(NC2CCCC2C)C1. The third kappa shape index (κ3) is 1.66. The standard InChI is InChI=1S/C11H21N/c1-8-6-10(7-8)12-11-5-3-4-9(11)2/h8-12H,3-7H2,1-2H3. The van der Waals surface area contributed by atoms with E-state index in [0.29, 0.717) is 0 Å². The van der Waals surface area contributed by atoms with Crippen molar-refractivity contribution in [3.8, 4) is 0 Å². The molecule has 0 aliphatic heterocycles. The lowest BCUT2D eigenvalue weighted by Crippen LogP contribution is -2.46. The Morgan fingerprint density at radius 2 is 1.83 bits per heavy atom. The lowest BCUT2D eigenvalue weighted by atomic mass is 9.81. The summed E-state index contributed by atoms with van der Waals surface area (Å²) in [5.41, 5.74) is 0. The Morgan fingerprint density at radius 3 is 2.33 bits per heavy atom. The second-order valence-electron chi connectivity index (χ2n) is 4.95. The quantitative estimate of drug-likeness (QED) is 0.666. The van der Waals surface area contributed by atoms with Gasteiger partial charge in [0, 0.05) is 12.1 Å². The van der Waals surface area contributed by atoms with Crippen molar-refractivity contribution in [2.45, 2.75) is 58.0 Å². The van der Waals surface area contributed by atoms with Crippen molar-refractivity contribution in [3.05, 3.63) is 0 Å². The summed E-state index contributed by atoms with van der Waals surface area (Å²) in [5.74, 6) is 1.92. The van der Waals surface area contributed by atoms with Crippen LogP contribution in [-0.2, 0) is 0 Å². The summed E-state index contributed by atoms with van der Waals surface area (Å²) in [5, 5.41) is 3.80. The monoisotopic (exact) mass is 167 g/mol. The van der Waals surface area contributed by atoms with E-state index >= 15 is 0 Å². The molecular formula is C11H21N. The molecule has 12 heavy (non-hydrogen) atoms. The van der Waals surface area contributed by atoms with Crippen LogP contribution in [0.2, 0.25) is 0 Å². The fourth-order valence-corrected chi connectivity index (χ4v) is 2.73. The summed E-state index contributed by atoms with van der Waals surface area (Å²) < 4.78 is 0. The molecule has 0 aromatic rings. The number of hydrogen-bond donors (Lipinski definition) is 1. The van der Waals surface area contributed by atoms with E-state index in [1.54, 1.807) is 0 Å². The molecule has 0 amide bonds. The zero-order valence-corrected chi connectivity index (χ0v) is 8.34. The third-order valence-corrected chi connectivity index (χ3v) is 3.69. The molecule has 2 aliphatic carbocycles. The van der Waals surface area contributed by atoms with Crippen LogP contribution < -0.4 is 5.32 Å². The van der Waals surface area contributed by atoms with Gasteiger partial charge < -0.3 is 5.32 Å². The van der Waals surface area contributed by atoms with E-state index < -0.39 is 0 Å². The number of rotatable bonds is 2. The summed E-state index contributed by atoms with van der Waals surface area (Å²) >= 11 is 0. The molecule has 70 valence electrons. The van der Waals surface area contributed by atoms with Gasteiger partial charge in [0.1, 0.15) is 0 Å². The smallest absolute Gasteiger partial charge is 0.00952 e. The highest BCUT2D eigenvalue weighted by Gasteiger charge is 2.30. The van der Waals surface area contributed by atoms with Crippen LogP contribution in [0.5, 0.6) is 0 Å². The zero-order valence-electron chi connectivity index (χ0n) is 8.34. The topological polar surface area (TPSA) is 12.0 Å². The Labute approximate surface area is 75.9 Å². The van der Waals surface area contributed by atoms with E-state index in [4.69, 9.17) is 0 Å². The molecule has 1 nitrogen and oxygen atoms in total. The minimum absolute atomic E-state index is 0.850. The third-order valence-electron chi connectivity index (χ3n) is 3.69. The van der Waals surface area contributed by atoms with E-state index in [1.807, 2.05) is 0 Å². The van der Waals surface area contributed by atoms with Gasteiger partial charge in [-0.05, 0) is 37.5 Å². The van der Waals surface area contributed by atoms with Crippen LogP contribution >= 0.6 is 0 Å². The summed E-state index contributed by atoms with van der Waals surface area (Å²) in [6.07, 6.45) is 7.15. The predicted molar refractivity (Wildman–Crippen MR) is 52.1 cm³/mol. The van der Waals surface area contributed by atoms with Crippen LogP contribution in [0, 0.1) is 11.8 Å². The van der Waals surface area contributed by atoms with E-state index in [-0.39, 0.29) is 0 Å². The minimum Gasteiger partial charge on any atom is -0.311 e. The first-order valence-corrected chi connectivity index (χ1v) is 5.51. The molecule has 0 aromatic heterocycles. The molecule has 2 rings (SSSR count). The Hall–Kier alpha value is -0.0400. The second kappa shape index (κ2) is 3.37. The van der Waals surface area contributed by atoms with Crippen LogP contribution in [0.4, 0.5) is 0 Å². The van der Waals surface area contributed by atoms with Crippen molar-refractivity contribution in [1.82, 2.24) is 5.32 Å². The van der Waals surface area contributed by atoms with Crippen molar-refractivity contribution in [2.75, 3.05) is 0 Å². The molecular weight excluding hydrogens is 146 g/mol. The Bertz CT molecular complexity index is 149. The van der Waals surface area contributed by atoms with Crippen molar-refractivity contribution < 1.29 is 0 Å². The predicted octanol–water partition coefficient (Wildman–Crippen LogP) is 2.56. The summed E-state index contributed by atoms with van der Waals surface area (Å²) in [6, 6.07) is 1.72. The van der Waals surface area contributed by atoms with Gasteiger partial charge in [-0.1, -0.05) is 20.3 Å². The fourth-order valence-electron chi connectivity index (χ4n) is 2.73. The first-order valence-electron chi connectivity index (χ1n) is 5.51. The van der Waals surface area contributed by atoms with Crippen molar-refractivity contribution in [2.24, 2.45) is 11.8 Å². The Balaban J connectivity index is 1.72. The van der Waals surface area contributed by atoms with E-state index in [1.165, 1.54) is 32.1 Å². The van der Waals surface area contributed by atoms with Crippen LogP contribution in [0.15, 0.2) is 0 Å². The molecule has 1 heteroatoms. The molecule has 2 saturated carbocycles. The largest absolute Gasteiger partial charge is 0.311 e. The molecule has 0 heterocycles. The zero-order chi connectivity index (χ0) is 8.55. The maximum atomic E-state index is 3.80. The van der Waals surface area contributed by atoms with E-state index in [2.05, 4.69) is 19.2 Å². The lowest BCUT2D eigenvalue weighted by Gasteiger charge is -2.36. The average Bonchev–Trinajstić information content (AvgIpc) is 2.33. The minimum atomic E-state index is 0.850. The van der Waals surface area contributed by atoms with Crippen molar-refractivity contribution >= 4 is 0 Å². The first kappa shape index (κ1) is 8.55. The van der Waals surface area contributed by atoms with Gasteiger partial charge in [-0.25, -0.2) is 0 Å². The van der Waals surface area contributed by atoms with Gasteiger partial charge in [0.05, 0.1) is 0 Å². The highest BCUT2D eigenvalue weighted by molar-refractivity contribution is 4.89. The van der Waals surface area contributed by atoms with Gasteiger partial charge in [-0.3, -0.25) is 0 Å². The maximum absolute atomic E-state index is 3.80. The summed E-state index contributed by atoms with van der Waals surface area (Å²) in [6.45, 7) is 4.75. The summed E-state index contributed by atoms with van der Waals surface area (Å²) in [7, 11) is 0. The van der Waals surface area contributed by atoms with Gasteiger partial charge in [-0.2, -0.15) is 0 Å². The van der Waals surface area contributed by atoms with Crippen molar-refractivity contribution in [3.63, 3.8) is 0 Å². The second-order valence-corrected chi connectivity index (χ2v) is 4.95. The van der Waals surface area contributed by atoms with Gasteiger partial charge in [0.2, 0.25) is 0 Å². The highest BCUT2D eigenvalue weighted by Crippen LogP contribution is 2.31. The molecule has 0 bridgehead atoms. The molecule has 0 saturated heterocycles. The molecule has 0 radical (unpaired) electrons. The van der Waals surface area contributed by atoms with Gasteiger partial charge in [0.25, 0.3) is 0 Å². The molecule has 2 fully saturated rings. The number of nitrogens with one attached hydrogen (secondary N) is 1. The first-order chi connectivity index (χ1) is 5.75. The molecule has 0 aromatic carbocycles. The van der Waals surface area contributed by atoms with Crippen LogP contribution in [0.3, 0.4) is 0 Å². The average molecular weight is 167 g/mol. The van der Waals surface area contributed by atoms with Gasteiger partial charge in [0.15, 0.2) is 0 Å². The molecule has 2 atom stereocenters. The van der Waals surface area contributed by atoms with Crippen LogP contribution in [-0.4, -0.2) is 12.1 Å². The van der Waals surface area contributed by atoms with E-state index in [0.717, 1.165) is 23.9 Å². The molecule has 0 spiro atoms. The lowest BCUT2D eigenvalue weighted by molar-refractivity contribution is 0.210. The van der Waals surface area contributed by atoms with Crippen LogP contribution in [0.1, 0.15) is 46.0 Å². The summed E-state index contributed by atoms with van der Waals surface area (Å²) in [4.78, 5) is 0. The fraction of sp³-hybridized carbons (Fsp3) is 1.00. The molecule has 2 unspecified atom stereocenters. The van der Waals surface area contributed by atoms with Crippen molar-refractivity contribution in [1.29, 1.82) is 0 Å². The maximum Gasteiger partial charge on any atom is 0.00952 e. The Kier molecular flexibility index (Phi) is 2.40. The van der Waals surface area contributed by atoms with Crippen LogP contribution in [0.25, 0.3) is 0 Å². The van der Waals surface area contributed by atoms with E-state index in [9.17, 15) is 0 Å². The number of hydrogen-bond acceptors (Lipinski definition) is 1. The normalized spacial score (nSPS) is 47.5. The van der Waals surface area contributed by atoms with Gasteiger partial charge in [-0.15, -0.1) is 0 Å². The highest BCUT2D eigenvalue weighted by atomic mass is 15.0. The van der Waals surface area contributed by atoms with Gasteiger partial charge >= 0.3 is 0 Å². The molecule has 1 N–H and O–H groups in total. The Morgan fingerprint density at radius 1 is 1.08 bits per heavy atom.